The molecule has 2 unspecified atom stereocenters. The molecular weight excluding hydrogens is 798 g/mol. The van der Waals surface area contributed by atoms with Gasteiger partial charge in [-0.3, -0.25) is 18.6 Å². The van der Waals surface area contributed by atoms with Gasteiger partial charge in [-0.25, -0.2) is 4.57 Å². The van der Waals surface area contributed by atoms with E-state index < -0.39 is 26.5 Å². The van der Waals surface area contributed by atoms with Gasteiger partial charge in [0.2, 0.25) is 0 Å². The molecule has 0 aromatic heterocycles. The number of unbranched alkanes of at least 4 members (excludes halogenated alkanes) is 24. The lowest BCUT2D eigenvalue weighted by Crippen LogP contribution is -2.37. The van der Waals surface area contributed by atoms with Crippen molar-refractivity contribution in [3.8, 4) is 0 Å². The number of esters is 2. The highest BCUT2D eigenvalue weighted by atomic mass is 31.2. The number of hydrogen-bond acceptors (Lipinski definition) is 7. The Morgan fingerprint density at radius 3 is 1.39 bits per heavy atom. The molecule has 0 aromatic carbocycles. The maximum atomic E-state index is 12.7. The Morgan fingerprint density at radius 2 is 0.919 bits per heavy atom. The largest absolute Gasteiger partial charge is 0.472 e. The summed E-state index contributed by atoms with van der Waals surface area (Å²) in [5.74, 6) is -0.808. The quantitative estimate of drug-likeness (QED) is 0.0212. The van der Waals surface area contributed by atoms with Crippen molar-refractivity contribution in [2.75, 3.05) is 47.5 Å². The zero-order valence-electron chi connectivity index (χ0n) is 40.9. The number of phosphoric ester groups is 1. The molecule has 0 amide bonds. The second-order valence-corrected chi connectivity index (χ2v) is 19.6. The van der Waals surface area contributed by atoms with Crippen molar-refractivity contribution >= 4 is 19.8 Å². The summed E-state index contributed by atoms with van der Waals surface area (Å²) >= 11 is 0. The number of carbonyl (C=O) groups is 2. The van der Waals surface area contributed by atoms with E-state index >= 15 is 0 Å². The predicted octanol–water partition coefficient (Wildman–Crippen LogP) is 15.0. The molecule has 0 aromatic rings. The van der Waals surface area contributed by atoms with Crippen LogP contribution in [0, 0.1) is 0 Å². The fraction of sp³-hybridized carbons (Fsp3) is 0.808. The normalized spacial score (nSPS) is 13.8. The lowest BCUT2D eigenvalue weighted by molar-refractivity contribution is -0.870. The molecule has 0 aliphatic rings. The Hall–Kier alpha value is -2.03. The lowest BCUT2D eigenvalue weighted by atomic mass is 10.1. The number of nitrogens with zero attached hydrogens (tertiary/aromatic N) is 1. The molecule has 9 nitrogen and oxygen atoms in total. The SMILES string of the molecule is CC/C=C\C/C=C\C/C=C\CCCCCCCCCC(=O)OC(COC(=O)CCCCCCCCCCC/C=C\CCCCCCCCCC)COP(=O)(O)OCC[N+](C)(C)C. The zero-order chi connectivity index (χ0) is 45.7. The average Bonchev–Trinajstić information content (AvgIpc) is 3.23. The smallest absolute Gasteiger partial charge is 0.462 e. The second kappa shape index (κ2) is 44.2. The van der Waals surface area contributed by atoms with E-state index in [2.05, 4.69) is 62.5 Å². The maximum absolute atomic E-state index is 12.7. The molecule has 10 heteroatoms. The Balaban J connectivity index is 4.25. The van der Waals surface area contributed by atoms with E-state index in [1.165, 1.54) is 122 Å². The highest BCUT2D eigenvalue weighted by Crippen LogP contribution is 2.43. The van der Waals surface area contributed by atoms with E-state index in [0.717, 1.165) is 64.2 Å². The third-order valence-corrected chi connectivity index (χ3v) is 11.8. The van der Waals surface area contributed by atoms with Crippen molar-refractivity contribution in [3.63, 3.8) is 0 Å². The molecule has 0 saturated heterocycles. The van der Waals surface area contributed by atoms with Crippen LogP contribution in [-0.2, 0) is 32.7 Å². The minimum Gasteiger partial charge on any atom is -0.462 e. The van der Waals surface area contributed by atoms with Crippen LogP contribution in [0.2, 0.25) is 0 Å². The summed E-state index contributed by atoms with van der Waals surface area (Å²) in [6.07, 6.45) is 53.0. The van der Waals surface area contributed by atoms with Crippen LogP contribution in [0.3, 0.4) is 0 Å². The minimum atomic E-state index is -4.38. The first kappa shape index (κ1) is 60.0. The third kappa shape index (κ3) is 47.4. The van der Waals surface area contributed by atoms with Gasteiger partial charge in [-0.15, -0.1) is 0 Å². The van der Waals surface area contributed by atoms with Crippen LogP contribution in [0.4, 0.5) is 0 Å². The topological polar surface area (TPSA) is 108 Å². The summed E-state index contributed by atoms with van der Waals surface area (Å²) < 4.78 is 34.4. The Labute approximate surface area is 382 Å². The first-order valence-corrected chi connectivity index (χ1v) is 26.9. The summed E-state index contributed by atoms with van der Waals surface area (Å²) in [6, 6.07) is 0. The highest BCUT2D eigenvalue weighted by molar-refractivity contribution is 7.47. The molecule has 0 fully saturated rings. The monoisotopic (exact) mass is 895 g/mol. The zero-order valence-corrected chi connectivity index (χ0v) is 41.7. The van der Waals surface area contributed by atoms with Crippen molar-refractivity contribution in [1.82, 2.24) is 0 Å². The average molecular weight is 895 g/mol. The number of quaternary nitrogens is 1. The maximum Gasteiger partial charge on any atom is 0.472 e. The lowest BCUT2D eigenvalue weighted by Gasteiger charge is -2.24. The first-order chi connectivity index (χ1) is 30.0. The van der Waals surface area contributed by atoms with Gasteiger partial charge in [0.25, 0.3) is 0 Å². The molecule has 362 valence electrons. The third-order valence-electron chi connectivity index (χ3n) is 10.8. The standard InChI is InChI=1S/C52H96NO8P/c1-6-8-10-12-14-16-18-20-22-24-25-26-27-29-30-32-34-36-38-40-42-44-51(54)58-48-50(49-60-62(56,57)59-47-46-53(3,4)5)61-52(55)45-43-41-39-37-35-33-31-28-23-21-19-17-15-13-11-9-7-2/h9,11,15,17,21,23-25,50H,6-8,10,12-14,16,18-20,22,26-49H2,1-5H3/p+1/b11-9-,17-15-,23-21-,25-24-. The van der Waals surface area contributed by atoms with Gasteiger partial charge in [-0.1, -0.05) is 184 Å². The Kier molecular flexibility index (Phi) is 42.7. The summed E-state index contributed by atoms with van der Waals surface area (Å²) in [7, 11) is 1.47. The number of likely N-dealkylation sites (N-methyl/N-ethyl adjacent to an activating group) is 1. The molecule has 0 aliphatic carbocycles. The van der Waals surface area contributed by atoms with E-state index in [1.54, 1.807) is 0 Å². The number of carbonyl (C=O) groups excluding carboxylic acids is 2. The summed E-state index contributed by atoms with van der Waals surface area (Å²) in [4.78, 5) is 35.5. The number of ether oxygens (including phenoxy) is 2. The molecule has 2 atom stereocenters. The van der Waals surface area contributed by atoms with Gasteiger partial charge in [0.15, 0.2) is 6.10 Å². The molecule has 0 aliphatic heterocycles. The molecule has 0 bridgehead atoms. The van der Waals surface area contributed by atoms with Crippen LogP contribution in [0.1, 0.15) is 219 Å². The molecule has 0 spiro atoms. The number of rotatable bonds is 46. The molecule has 0 heterocycles. The molecule has 62 heavy (non-hydrogen) atoms. The number of hydrogen-bond donors (Lipinski definition) is 1. The van der Waals surface area contributed by atoms with Crippen molar-refractivity contribution in [2.24, 2.45) is 0 Å². The van der Waals surface area contributed by atoms with Crippen LogP contribution in [0.15, 0.2) is 48.6 Å². The van der Waals surface area contributed by atoms with Gasteiger partial charge < -0.3 is 18.9 Å². The van der Waals surface area contributed by atoms with Crippen molar-refractivity contribution in [2.45, 2.75) is 225 Å². The van der Waals surface area contributed by atoms with E-state index in [4.69, 9.17) is 18.5 Å². The van der Waals surface area contributed by atoms with Crippen LogP contribution in [0.25, 0.3) is 0 Å². The number of phosphoric acid groups is 1. The van der Waals surface area contributed by atoms with E-state index in [9.17, 15) is 19.0 Å². The molecule has 0 saturated carbocycles. The van der Waals surface area contributed by atoms with Crippen LogP contribution in [-0.4, -0.2) is 74.9 Å². The van der Waals surface area contributed by atoms with E-state index in [1.807, 2.05) is 21.1 Å². The molecule has 0 rings (SSSR count). The van der Waals surface area contributed by atoms with Crippen molar-refractivity contribution < 1.29 is 42.1 Å². The van der Waals surface area contributed by atoms with Gasteiger partial charge in [0.1, 0.15) is 19.8 Å². The molecular formula is C52H97NO8P+. The van der Waals surface area contributed by atoms with E-state index in [0.29, 0.717) is 17.4 Å². The first-order valence-electron chi connectivity index (χ1n) is 25.4. The number of allylic oxidation sites excluding steroid dienone is 8. The van der Waals surface area contributed by atoms with Gasteiger partial charge >= 0.3 is 19.8 Å². The van der Waals surface area contributed by atoms with Crippen LogP contribution < -0.4 is 0 Å². The van der Waals surface area contributed by atoms with Crippen LogP contribution >= 0.6 is 7.82 Å². The molecule has 1 N–H and O–H groups in total. The Bertz CT molecular complexity index is 1190. The summed E-state index contributed by atoms with van der Waals surface area (Å²) in [5, 5.41) is 0. The fourth-order valence-corrected chi connectivity index (χ4v) is 7.65. The Morgan fingerprint density at radius 1 is 0.516 bits per heavy atom. The van der Waals surface area contributed by atoms with Crippen molar-refractivity contribution in [3.05, 3.63) is 48.6 Å². The summed E-state index contributed by atoms with van der Waals surface area (Å²) in [6.45, 7) is 4.32. The summed E-state index contributed by atoms with van der Waals surface area (Å²) in [5.41, 5.74) is 0. The molecule has 0 radical (unpaired) electrons. The van der Waals surface area contributed by atoms with Gasteiger partial charge in [0.05, 0.1) is 27.7 Å². The highest BCUT2D eigenvalue weighted by Gasteiger charge is 2.27. The fourth-order valence-electron chi connectivity index (χ4n) is 6.91. The minimum absolute atomic E-state index is 0.0283. The van der Waals surface area contributed by atoms with Gasteiger partial charge in [0, 0.05) is 12.8 Å². The van der Waals surface area contributed by atoms with Crippen LogP contribution in [0.5, 0.6) is 0 Å². The van der Waals surface area contributed by atoms with Gasteiger partial charge in [-0.2, -0.15) is 0 Å². The predicted molar refractivity (Wildman–Crippen MR) is 261 cm³/mol. The van der Waals surface area contributed by atoms with E-state index in [-0.39, 0.29) is 32.0 Å². The van der Waals surface area contributed by atoms with Gasteiger partial charge in [-0.05, 0) is 70.6 Å². The van der Waals surface area contributed by atoms with Crippen molar-refractivity contribution in [1.29, 1.82) is 0 Å². The second-order valence-electron chi connectivity index (χ2n) is 18.2.